The van der Waals surface area contributed by atoms with Crippen LogP contribution >= 0.6 is 0 Å². The zero-order chi connectivity index (χ0) is 22.5. The highest BCUT2D eigenvalue weighted by molar-refractivity contribution is 5.98. The van der Waals surface area contributed by atoms with Crippen LogP contribution in [0.5, 0.6) is 0 Å². The van der Waals surface area contributed by atoms with Gasteiger partial charge in [-0.25, -0.2) is 19.0 Å². The lowest BCUT2D eigenvalue weighted by atomic mass is 10.1. The van der Waals surface area contributed by atoms with E-state index in [0.29, 0.717) is 22.5 Å². The van der Waals surface area contributed by atoms with Crippen molar-refractivity contribution in [1.29, 1.82) is 0 Å². The van der Waals surface area contributed by atoms with Gasteiger partial charge in [-0.05, 0) is 49.7 Å². The van der Waals surface area contributed by atoms with Crippen LogP contribution in [0.15, 0.2) is 43.2 Å². The number of fused-ring (bicyclic) bond motifs is 1. The molecule has 1 unspecified atom stereocenters. The van der Waals surface area contributed by atoms with E-state index >= 15 is 0 Å². The Morgan fingerprint density at radius 2 is 1.78 bits per heavy atom. The van der Waals surface area contributed by atoms with E-state index in [-0.39, 0.29) is 5.82 Å². The van der Waals surface area contributed by atoms with Gasteiger partial charge in [-0.3, -0.25) is 4.90 Å². The van der Waals surface area contributed by atoms with Crippen LogP contribution in [0.4, 0.5) is 10.2 Å². The maximum Gasteiger partial charge on any atom is 0.163 e. The zero-order valence-electron chi connectivity index (χ0n) is 18.2. The lowest BCUT2D eigenvalue weighted by Crippen LogP contribution is -2.49. The minimum Gasteiger partial charge on any atom is -0.383 e. The van der Waals surface area contributed by atoms with Gasteiger partial charge in [0.05, 0.1) is 5.39 Å². The molecule has 9 heteroatoms. The molecule has 3 aromatic rings. The van der Waals surface area contributed by atoms with E-state index < -0.39 is 6.23 Å². The molecule has 1 aliphatic rings. The smallest absolute Gasteiger partial charge is 0.163 e. The number of nitrogens with two attached hydrogens (primary N) is 1. The Morgan fingerprint density at radius 1 is 1.06 bits per heavy atom. The van der Waals surface area contributed by atoms with Gasteiger partial charge in [0.2, 0.25) is 0 Å². The standard InChI is InChI=1S/C23H30FN7O/c1-2-19(32)30-14-12-29(13-15-30)10-4-3-5-11-31-23-20(22(25)26-16-27-23)21(28-31)17-6-8-18(24)9-7-17/h2,6-9,16,19,32H,1,3-5,10-15H2,(H2,25,26,27). The van der Waals surface area contributed by atoms with Crippen LogP contribution in [-0.4, -0.2) is 73.6 Å². The summed E-state index contributed by atoms with van der Waals surface area (Å²) in [5.41, 5.74) is 8.30. The zero-order valence-corrected chi connectivity index (χ0v) is 18.2. The molecule has 1 aromatic carbocycles. The van der Waals surface area contributed by atoms with Gasteiger partial charge >= 0.3 is 0 Å². The van der Waals surface area contributed by atoms with Crippen LogP contribution in [-0.2, 0) is 6.54 Å². The number of aryl methyl sites for hydroxylation is 1. The Kier molecular flexibility index (Phi) is 7.09. The van der Waals surface area contributed by atoms with Gasteiger partial charge in [0.15, 0.2) is 5.65 Å². The normalized spacial score (nSPS) is 16.4. The molecular weight excluding hydrogens is 409 g/mol. The minimum absolute atomic E-state index is 0.292. The van der Waals surface area contributed by atoms with Crippen molar-refractivity contribution in [1.82, 2.24) is 29.5 Å². The molecule has 32 heavy (non-hydrogen) atoms. The summed E-state index contributed by atoms with van der Waals surface area (Å²) in [6.45, 7) is 9.08. The Bertz CT molecular complexity index is 1040. The monoisotopic (exact) mass is 439 g/mol. The van der Waals surface area contributed by atoms with Crippen molar-refractivity contribution in [3.05, 3.63) is 49.1 Å². The van der Waals surface area contributed by atoms with Crippen molar-refractivity contribution < 1.29 is 9.50 Å². The van der Waals surface area contributed by atoms with E-state index in [9.17, 15) is 9.50 Å². The van der Waals surface area contributed by atoms with E-state index in [1.165, 1.54) is 18.5 Å². The molecule has 0 bridgehead atoms. The molecular formula is C23H30FN7O. The van der Waals surface area contributed by atoms with Gasteiger partial charge in [0.1, 0.15) is 29.9 Å². The Labute approximate surface area is 187 Å². The Balaban J connectivity index is 1.33. The summed E-state index contributed by atoms with van der Waals surface area (Å²) in [5.74, 6) is 0.0845. The maximum atomic E-state index is 13.3. The van der Waals surface area contributed by atoms with E-state index in [1.54, 1.807) is 18.2 Å². The van der Waals surface area contributed by atoms with Gasteiger partial charge in [0.25, 0.3) is 0 Å². The fourth-order valence-corrected chi connectivity index (χ4v) is 4.17. The topological polar surface area (TPSA) is 96.3 Å². The first-order valence-corrected chi connectivity index (χ1v) is 11.1. The molecule has 1 atom stereocenters. The number of aliphatic hydroxyl groups excluding tert-OH is 1. The average molecular weight is 440 g/mol. The summed E-state index contributed by atoms with van der Waals surface area (Å²) < 4.78 is 15.2. The lowest BCUT2D eigenvalue weighted by molar-refractivity contribution is 0.00549. The van der Waals surface area contributed by atoms with E-state index in [0.717, 1.165) is 64.1 Å². The number of nitrogen functional groups attached to an aromatic ring is 1. The quantitative estimate of drug-likeness (QED) is 0.391. The maximum absolute atomic E-state index is 13.3. The van der Waals surface area contributed by atoms with E-state index in [2.05, 4.69) is 21.4 Å². The molecule has 3 heterocycles. The molecule has 4 rings (SSSR count). The second-order valence-corrected chi connectivity index (χ2v) is 8.12. The SMILES string of the molecule is C=CC(O)N1CCN(CCCCCn2nc(-c3ccc(F)cc3)c3c(N)ncnc32)CC1. The van der Waals surface area contributed by atoms with Crippen molar-refractivity contribution in [2.45, 2.75) is 32.0 Å². The molecule has 1 aliphatic heterocycles. The number of benzene rings is 1. The summed E-state index contributed by atoms with van der Waals surface area (Å²) >= 11 is 0. The number of anilines is 1. The second kappa shape index (κ2) is 10.2. The molecule has 0 radical (unpaired) electrons. The van der Waals surface area contributed by atoms with Gasteiger partial charge in [-0.2, -0.15) is 5.10 Å². The fourth-order valence-electron chi connectivity index (χ4n) is 4.17. The molecule has 0 amide bonds. The number of aliphatic hydroxyl groups is 1. The number of aromatic nitrogens is 4. The Morgan fingerprint density at radius 3 is 2.50 bits per heavy atom. The van der Waals surface area contributed by atoms with Crippen molar-refractivity contribution in [2.75, 3.05) is 38.5 Å². The Hall–Kier alpha value is -2.88. The highest BCUT2D eigenvalue weighted by Crippen LogP contribution is 2.30. The van der Waals surface area contributed by atoms with Crippen LogP contribution < -0.4 is 5.73 Å². The molecule has 3 N–H and O–H groups in total. The van der Waals surface area contributed by atoms with Crippen molar-refractivity contribution >= 4 is 16.9 Å². The number of unbranched alkanes of at least 4 members (excludes halogenated alkanes) is 2. The third kappa shape index (κ3) is 4.95. The number of hydrogen-bond acceptors (Lipinski definition) is 7. The molecule has 1 fully saturated rings. The highest BCUT2D eigenvalue weighted by Gasteiger charge is 2.20. The summed E-state index contributed by atoms with van der Waals surface area (Å²) in [6, 6.07) is 6.22. The lowest BCUT2D eigenvalue weighted by Gasteiger charge is -2.36. The molecule has 8 nitrogen and oxygen atoms in total. The number of nitrogens with zero attached hydrogens (tertiary/aromatic N) is 6. The van der Waals surface area contributed by atoms with Crippen LogP contribution in [0.25, 0.3) is 22.3 Å². The van der Waals surface area contributed by atoms with Gasteiger partial charge in [-0.1, -0.05) is 13.0 Å². The number of hydrogen-bond donors (Lipinski definition) is 2. The summed E-state index contributed by atoms with van der Waals surface area (Å²) in [7, 11) is 0. The summed E-state index contributed by atoms with van der Waals surface area (Å²) in [6.07, 6.45) is 5.63. The van der Waals surface area contributed by atoms with Crippen molar-refractivity contribution in [2.24, 2.45) is 0 Å². The van der Waals surface area contributed by atoms with Crippen LogP contribution in [0.3, 0.4) is 0 Å². The van der Waals surface area contributed by atoms with Gasteiger partial charge in [-0.15, -0.1) is 0 Å². The average Bonchev–Trinajstić information content (AvgIpc) is 3.19. The molecule has 170 valence electrons. The fraction of sp³-hybridized carbons (Fsp3) is 0.435. The number of piperazine rings is 1. The number of rotatable bonds is 9. The minimum atomic E-state index is -0.543. The molecule has 1 saturated heterocycles. The van der Waals surface area contributed by atoms with Crippen LogP contribution in [0, 0.1) is 5.82 Å². The largest absolute Gasteiger partial charge is 0.383 e. The third-order valence-corrected chi connectivity index (χ3v) is 6.01. The second-order valence-electron chi connectivity index (χ2n) is 8.12. The van der Waals surface area contributed by atoms with Gasteiger partial charge < -0.3 is 15.7 Å². The van der Waals surface area contributed by atoms with E-state index in [4.69, 9.17) is 10.8 Å². The van der Waals surface area contributed by atoms with E-state index in [1.807, 2.05) is 9.58 Å². The van der Waals surface area contributed by atoms with Crippen molar-refractivity contribution in [3.8, 4) is 11.3 Å². The summed E-state index contributed by atoms with van der Waals surface area (Å²) in [4.78, 5) is 13.0. The van der Waals surface area contributed by atoms with Gasteiger partial charge in [0, 0.05) is 38.3 Å². The molecule has 0 saturated carbocycles. The predicted octanol–water partition coefficient (Wildman–Crippen LogP) is 2.51. The van der Waals surface area contributed by atoms with Crippen LogP contribution in [0.1, 0.15) is 19.3 Å². The molecule has 0 aliphatic carbocycles. The molecule has 0 spiro atoms. The predicted molar refractivity (Wildman–Crippen MR) is 123 cm³/mol. The first-order valence-electron chi connectivity index (χ1n) is 11.1. The first-order chi connectivity index (χ1) is 15.6. The van der Waals surface area contributed by atoms with Crippen LogP contribution in [0.2, 0.25) is 0 Å². The molecule has 2 aromatic heterocycles. The summed E-state index contributed by atoms with van der Waals surface area (Å²) in [5, 5.41) is 15.3. The first kappa shape index (κ1) is 22.3. The highest BCUT2D eigenvalue weighted by atomic mass is 19.1. The number of halogens is 1. The third-order valence-electron chi connectivity index (χ3n) is 6.01. The van der Waals surface area contributed by atoms with Crippen molar-refractivity contribution in [3.63, 3.8) is 0 Å².